The highest BCUT2D eigenvalue weighted by Gasteiger charge is 2.10. The quantitative estimate of drug-likeness (QED) is 0.444. The molecular weight excluding hydrogens is 444 g/mol. The number of ether oxygens (including phenoxy) is 1. The van der Waals surface area contributed by atoms with Crippen LogP contribution in [0.4, 0.5) is 5.69 Å². The van der Waals surface area contributed by atoms with E-state index >= 15 is 0 Å². The van der Waals surface area contributed by atoms with Crippen molar-refractivity contribution in [3.8, 4) is 5.75 Å². The van der Waals surface area contributed by atoms with Crippen LogP contribution in [0.5, 0.6) is 5.75 Å². The molecule has 0 aliphatic heterocycles. The van der Waals surface area contributed by atoms with Crippen LogP contribution < -0.4 is 15.4 Å². The minimum Gasteiger partial charge on any atom is -0.494 e. The first-order chi connectivity index (χ1) is 13.5. The Morgan fingerprint density at radius 3 is 2.82 bits per heavy atom. The molecule has 0 atom stereocenters. The number of nitrogens with zero attached hydrogens (tertiary/aromatic N) is 1. The minimum absolute atomic E-state index is 0.0986. The molecule has 0 fully saturated rings. The summed E-state index contributed by atoms with van der Waals surface area (Å²) >= 11 is 4.63. The van der Waals surface area contributed by atoms with Gasteiger partial charge in [-0.1, -0.05) is 23.9 Å². The maximum absolute atomic E-state index is 12.0. The Morgan fingerprint density at radius 1 is 1.21 bits per heavy atom. The summed E-state index contributed by atoms with van der Waals surface area (Å²) in [7, 11) is 0. The number of benzene rings is 2. The normalized spacial score (nSPS) is 10.6. The number of halogens is 1. The number of thioether (sulfide) groups is 1. The van der Waals surface area contributed by atoms with E-state index in [9.17, 15) is 9.59 Å². The smallest absolute Gasteiger partial charge is 0.243 e. The van der Waals surface area contributed by atoms with E-state index in [4.69, 9.17) is 4.74 Å². The zero-order chi connectivity index (χ0) is 19.9. The van der Waals surface area contributed by atoms with Gasteiger partial charge in [0.15, 0.2) is 5.16 Å². The molecule has 7 nitrogen and oxygen atoms in total. The molecule has 0 aliphatic rings. The van der Waals surface area contributed by atoms with Crippen LogP contribution in [0.25, 0.3) is 11.0 Å². The first-order valence-electron chi connectivity index (χ1n) is 8.61. The van der Waals surface area contributed by atoms with Crippen molar-refractivity contribution in [3.63, 3.8) is 0 Å². The average Bonchev–Trinajstić information content (AvgIpc) is 3.09. The Morgan fingerprint density at radius 2 is 2.04 bits per heavy atom. The third-order valence-electron chi connectivity index (χ3n) is 3.68. The van der Waals surface area contributed by atoms with E-state index in [1.54, 1.807) is 6.07 Å². The predicted molar refractivity (Wildman–Crippen MR) is 114 cm³/mol. The number of nitrogens with one attached hydrogen (secondary N) is 3. The molecule has 2 amide bonds. The molecule has 146 valence electrons. The molecule has 0 saturated heterocycles. The Kier molecular flexibility index (Phi) is 6.94. The monoisotopic (exact) mass is 462 g/mol. The van der Waals surface area contributed by atoms with Crippen LogP contribution in [-0.2, 0) is 9.59 Å². The largest absolute Gasteiger partial charge is 0.494 e. The van der Waals surface area contributed by atoms with Crippen LogP contribution in [0.1, 0.15) is 6.92 Å². The van der Waals surface area contributed by atoms with Crippen molar-refractivity contribution < 1.29 is 14.3 Å². The number of hydrogen-bond acceptors (Lipinski definition) is 5. The summed E-state index contributed by atoms with van der Waals surface area (Å²) in [5.41, 5.74) is 2.31. The van der Waals surface area contributed by atoms with Crippen molar-refractivity contribution >= 4 is 56.2 Å². The maximum Gasteiger partial charge on any atom is 0.243 e. The lowest BCUT2D eigenvalue weighted by molar-refractivity contribution is -0.122. The molecule has 1 aromatic heterocycles. The van der Waals surface area contributed by atoms with E-state index in [0.717, 1.165) is 21.3 Å². The van der Waals surface area contributed by atoms with Gasteiger partial charge in [-0.3, -0.25) is 9.59 Å². The molecule has 3 rings (SSSR count). The lowest BCUT2D eigenvalue weighted by atomic mass is 10.3. The van der Waals surface area contributed by atoms with Gasteiger partial charge in [0.05, 0.1) is 35.6 Å². The lowest BCUT2D eigenvalue weighted by Gasteiger charge is -2.08. The number of fused-ring (bicyclic) bond motifs is 1. The van der Waals surface area contributed by atoms with Gasteiger partial charge in [-0.05, 0) is 47.1 Å². The second-order valence-electron chi connectivity index (χ2n) is 5.75. The zero-order valence-corrected chi connectivity index (χ0v) is 17.5. The van der Waals surface area contributed by atoms with Crippen LogP contribution in [0.3, 0.4) is 0 Å². The number of rotatable bonds is 8. The molecule has 0 bridgehead atoms. The van der Waals surface area contributed by atoms with Gasteiger partial charge >= 0.3 is 0 Å². The van der Waals surface area contributed by atoms with Crippen LogP contribution in [0.2, 0.25) is 0 Å². The Labute approximate surface area is 174 Å². The van der Waals surface area contributed by atoms with Gasteiger partial charge in [0.1, 0.15) is 5.75 Å². The summed E-state index contributed by atoms with van der Waals surface area (Å²) in [4.78, 5) is 31.6. The SMILES string of the molecule is CCOc1ccc2nc(SCC(=O)NCC(=O)Nc3ccccc3Br)[nH]c2c1. The van der Waals surface area contributed by atoms with E-state index in [2.05, 4.69) is 36.5 Å². The number of anilines is 1. The van der Waals surface area contributed by atoms with Gasteiger partial charge in [0.2, 0.25) is 11.8 Å². The number of amides is 2. The van der Waals surface area contributed by atoms with Crippen molar-refractivity contribution in [2.75, 3.05) is 24.2 Å². The zero-order valence-electron chi connectivity index (χ0n) is 15.1. The van der Waals surface area contributed by atoms with Crippen molar-refractivity contribution in [2.24, 2.45) is 0 Å². The third-order valence-corrected chi connectivity index (χ3v) is 5.24. The fourth-order valence-corrected chi connectivity index (χ4v) is 3.51. The van der Waals surface area contributed by atoms with Gasteiger partial charge in [-0.15, -0.1) is 0 Å². The maximum atomic E-state index is 12.0. The first-order valence-corrected chi connectivity index (χ1v) is 10.4. The Bertz CT molecular complexity index is 992. The molecule has 0 unspecified atom stereocenters. The molecule has 0 radical (unpaired) electrons. The molecule has 2 aromatic carbocycles. The molecule has 28 heavy (non-hydrogen) atoms. The van der Waals surface area contributed by atoms with Gasteiger partial charge in [-0.25, -0.2) is 4.98 Å². The van der Waals surface area contributed by atoms with Crippen LogP contribution in [0.15, 0.2) is 52.1 Å². The van der Waals surface area contributed by atoms with E-state index in [0.29, 0.717) is 17.5 Å². The van der Waals surface area contributed by atoms with Crippen molar-refractivity contribution in [2.45, 2.75) is 12.1 Å². The van der Waals surface area contributed by atoms with E-state index in [-0.39, 0.29) is 24.1 Å². The van der Waals surface area contributed by atoms with E-state index in [1.807, 2.05) is 43.3 Å². The van der Waals surface area contributed by atoms with E-state index < -0.39 is 0 Å². The van der Waals surface area contributed by atoms with Crippen molar-refractivity contribution in [3.05, 3.63) is 46.9 Å². The number of aromatic amines is 1. The summed E-state index contributed by atoms with van der Waals surface area (Å²) in [6.07, 6.45) is 0. The molecular formula is C19H19BrN4O3S. The topological polar surface area (TPSA) is 96.1 Å². The van der Waals surface area contributed by atoms with Crippen molar-refractivity contribution in [1.82, 2.24) is 15.3 Å². The Hall–Kier alpha value is -2.52. The Balaban J connectivity index is 1.47. The summed E-state index contributed by atoms with van der Waals surface area (Å²) in [6.45, 7) is 2.42. The number of aromatic nitrogens is 2. The highest BCUT2D eigenvalue weighted by Crippen LogP contribution is 2.23. The second-order valence-corrected chi connectivity index (χ2v) is 7.57. The lowest BCUT2D eigenvalue weighted by Crippen LogP contribution is -2.33. The highest BCUT2D eigenvalue weighted by molar-refractivity contribution is 9.10. The van der Waals surface area contributed by atoms with Gasteiger partial charge in [-0.2, -0.15) is 0 Å². The molecule has 9 heteroatoms. The number of carbonyl (C=O) groups excluding carboxylic acids is 2. The average molecular weight is 463 g/mol. The highest BCUT2D eigenvalue weighted by atomic mass is 79.9. The molecule has 1 heterocycles. The van der Waals surface area contributed by atoms with Crippen molar-refractivity contribution in [1.29, 1.82) is 0 Å². The van der Waals surface area contributed by atoms with Crippen LogP contribution in [-0.4, -0.2) is 40.7 Å². The fraction of sp³-hybridized carbons (Fsp3) is 0.211. The molecule has 3 N–H and O–H groups in total. The molecule has 0 aliphatic carbocycles. The number of hydrogen-bond donors (Lipinski definition) is 3. The summed E-state index contributed by atoms with van der Waals surface area (Å²) < 4.78 is 6.25. The molecule has 0 saturated carbocycles. The summed E-state index contributed by atoms with van der Waals surface area (Å²) in [6, 6.07) is 12.9. The van der Waals surface area contributed by atoms with Gasteiger partial charge < -0.3 is 20.4 Å². The van der Waals surface area contributed by atoms with Gasteiger partial charge in [0.25, 0.3) is 0 Å². The minimum atomic E-state index is -0.294. The predicted octanol–water partition coefficient (Wildman–Crippen LogP) is 3.57. The van der Waals surface area contributed by atoms with Crippen LogP contribution in [0, 0.1) is 0 Å². The molecule has 3 aromatic rings. The summed E-state index contributed by atoms with van der Waals surface area (Å²) in [5, 5.41) is 5.97. The number of imidazole rings is 1. The summed E-state index contributed by atoms with van der Waals surface area (Å²) in [5.74, 6) is 0.379. The number of carbonyl (C=O) groups is 2. The molecule has 0 spiro atoms. The first kappa shape index (κ1) is 20.2. The second kappa shape index (κ2) is 9.61. The van der Waals surface area contributed by atoms with Crippen LogP contribution >= 0.6 is 27.7 Å². The third kappa shape index (κ3) is 5.49. The number of para-hydroxylation sites is 1. The van der Waals surface area contributed by atoms with E-state index in [1.165, 1.54) is 11.8 Å². The fourth-order valence-electron chi connectivity index (χ4n) is 2.41. The standard InChI is InChI=1S/C19H19BrN4O3S/c1-2-27-12-7-8-15-16(9-12)24-19(23-15)28-11-18(26)21-10-17(25)22-14-6-4-3-5-13(14)20/h3-9H,2,10-11H2,1H3,(H,21,26)(H,22,25)(H,23,24). The van der Waals surface area contributed by atoms with Gasteiger partial charge in [0, 0.05) is 10.5 Å². The number of H-pyrrole nitrogens is 1.